The highest BCUT2D eigenvalue weighted by atomic mass is 35.5. The lowest BCUT2D eigenvalue weighted by atomic mass is 9.98. The van der Waals surface area contributed by atoms with E-state index in [1.165, 1.54) is 0 Å². The van der Waals surface area contributed by atoms with Crippen molar-refractivity contribution in [3.05, 3.63) is 28.8 Å². The summed E-state index contributed by atoms with van der Waals surface area (Å²) in [6.07, 6.45) is 3.85. The molecule has 0 aliphatic heterocycles. The summed E-state index contributed by atoms with van der Waals surface area (Å²) in [4.78, 5) is 12.5. The molecule has 0 spiro atoms. The van der Waals surface area contributed by atoms with Crippen LogP contribution in [0.4, 0.5) is 5.69 Å². The van der Waals surface area contributed by atoms with Crippen LogP contribution in [-0.2, 0) is 4.79 Å². The molecule has 1 aromatic rings. The van der Waals surface area contributed by atoms with Crippen molar-refractivity contribution in [2.24, 2.45) is 11.7 Å². The summed E-state index contributed by atoms with van der Waals surface area (Å²) in [6.45, 7) is 4.14. The number of anilines is 1. The number of thiocarbonyl (C=S) groups is 1. The monoisotopic (exact) mass is 312 g/mol. The average molecular weight is 313 g/mol. The van der Waals surface area contributed by atoms with Crippen LogP contribution < -0.4 is 11.1 Å². The van der Waals surface area contributed by atoms with Crippen LogP contribution in [0.25, 0.3) is 0 Å². The minimum absolute atomic E-state index is 0.00272. The Balaban J connectivity index is 2.83. The van der Waals surface area contributed by atoms with Crippen LogP contribution in [0.1, 0.15) is 45.1 Å². The van der Waals surface area contributed by atoms with Gasteiger partial charge in [-0.25, -0.2) is 0 Å². The van der Waals surface area contributed by atoms with E-state index in [0.717, 1.165) is 25.7 Å². The van der Waals surface area contributed by atoms with Crippen LogP contribution in [-0.4, -0.2) is 10.9 Å². The minimum atomic E-state index is 0.00272. The van der Waals surface area contributed by atoms with E-state index >= 15 is 0 Å². The molecule has 1 aromatic carbocycles. The van der Waals surface area contributed by atoms with E-state index in [9.17, 15) is 4.79 Å². The van der Waals surface area contributed by atoms with Crippen LogP contribution in [0.5, 0.6) is 0 Å². The van der Waals surface area contributed by atoms with Gasteiger partial charge in [-0.05, 0) is 25.0 Å². The van der Waals surface area contributed by atoms with Gasteiger partial charge in [-0.2, -0.15) is 0 Å². The third kappa shape index (κ3) is 4.76. The maximum Gasteiger partial charge on any atom is 0.227 e. The number of rotatable bonds is 7. The second-order valence-corrected chi connectivity index (χ2v) is 5.64. The zero-order valence-corrected chi connectivity index (χ0v) is 13.5. The Morgan fingerprint density at radius 1 is 1.45 bits per heavy atom. The number of halogens is 1. The molecule has 1 rings (SSSR count). The topological polar surface area (TPSA) is 55.1 Å². The number of carbonyl (C=O) groups is 1. The van der Waals surface area contributed by atoms with Gasteiger partial charge in [0, 0.05) is 11.5 Å². The Hall–Kier alpha value is -1.13. The first-order valence-electron chi connectivity index (χ1n) is 6.89. The molecule has 110 valence electrons. The number of unbranched alkanes of at least 4 members (excludes halogenated alkanes) is 1. The second kappa shape index (κ2) is 8.22. The van der Waals surface area contributed by atoms with Gasteiger partial charge in [0.2, 0.25) is 5.91 Å². The van der Waals surface area contributed by atoms with Crippen molar-refractivity contribution in [2.45, 2.75) is 39.5 Å². The van der Waals surface area contributed by atoms with Gasteiger partial charge in [-0.1, -0.05) is 56.6 Å². The summed E-state index contributed by atoms with van der Waals surface area (Å²) >= 11 is 11.0. The summed E-state index contributed by atoms with van der Waals surface area (Å²) in [5, 5.41) is 3.37. The van der Waals surface area contributed by atoms with E-state index in [0.29, 0.717) is 16.3 Å². The molecule has 20 heavy (non-hydrogen) atoms. The standard InChI is InChI=1S/C15H21ClN2OS/c1-3-5-6-10(4-2)15(19)18-13-9-11(14(17)20)7-8-12(13)16/h7-10H,3-6H2,1-2H3,(H2,17,20)(H,18,19). The van der Waals surface area contributed by atoms with Crippen molar-refractivity contribution >= 4 is 40.4 Å². The van der Waals surface area contributed by atoms with Crippen molar-refractivity contribution in [3.63, 3.8) is 0 Å². The fourth-order valence-electron chi connectivity index (χ4n) is 1.98. The molecule has 0 saturated heterocycles. The molecule has 0 bridgehead atoms. The van der Waals surface area contributed by atoms with Crippen molar-refractivity contribution in [2.75, 3.05) is 5.32 Å². The maximum atomic E-state index is 12.2. The number of nitrogens with two attached hydrogens (primary N) is 1. The first-order valence-corrected chi connectivity index (χ1v) is 7.68. The number of nitrogens with one attached hydrogen (secondary N) is 1. The molecule has 0 radical (unpaired) electrons. The summed E-state index contributed by atoms with van der Waals surface area (Å²) < 4.78 is 0. The molecule has 0 saturated carbocycles. The molecule has 1 amide bonds. The Morgan fingerprint density at radius 3 is 2.70 bits per heavy atom. The number of hydrogen-bond donors (Lipinski definition) is 2. The summed E-state index contributed by atoms with van der Waals surface area (Å²) in [5.41, 5.74) is 6.85. The predicted octanol–water partition coefficient (Wildman–Crippen LogP) is 4.13. The minimum Gasteiger partial charge on any atom is -0.389 e. The molecule has 0 aliphatic carbocycles. The van der Waals surface area contributed by atoms with Gasteiger partial charge in [0.15, 0.2) is 0 Å². The summed E-state index contributed by atoms with van der Waals surface area (Å²) in [5.74, 6) is 0.0161. The van der Waals surface area contributed by atoms with Crippen LogP contribution in [0.15, 0.2) is 18.2 Å². The van der Waals surface area contributed by atoms with E-state index in [1.807, 2.05) is 6.92 Å². The van der Waals surface area contributed by atoms with Crippen LogP contribution in [0, 0.1) is 5.92 Å². The molecule has 0 heterocycles. The maximum absolute atomic E-state index is 12.2. The Kier molecular flexibility index (Phi) is 6.96. The summed E-state index contributed by atoms with van der Waals surface area (Å²) in [6, 6.07) is 5.16. The van der Waals surface area contributed by atoms with Crippen molar-refractivity contribution < 1.29 is 4.79 Å². The van der Waals surface area contributed by atoms with E-state index < -0.39 is 0 Å². The molecule has 0 aliphatic rings. The number of carbonyl (C=O) groups excluding carboxylic acids is 1. The van der Waals surface area contributed by atoms with Gasteiger partial charge in [0.25, 0.3) is 0 Å². The molecule has 1 atom stereocenters. The SMILES string of the molecule is CCCCC(CC)C(=O)Nc1cc(C(N)=S)ccc1Cl. The molecule has 3 N–H and O–H groups in total. The van der Waals surface area contributed by atoms with Gasteiger partial charge < -0.3 is 11.1 Å². The lowest BCUT2D eigenvalue weighted by Gasteiger charge is -2.16. The highest BCUT2D eigenvalue weighted by molar-refractivity contribution is 7.80. The first-order chi connectivity index (χ1) is 9.49. The van der Waals surface area contributed by atoms with Crippen LogP contribution in [0.2, 0.25) is 5.02 Å². The van der Waals surface area contributed by atoms with Gasteiger partial charge >= 0.3 is 0 Å². The number of benzene rings is 1. The highest BCUT2D eigenvalue weighted by Crippen LogP contribution is 2.25. The van der Waals surface area contributed by atoms with Crippen molar-refractivity contribution in [1.82, 2.24) is 0 Å². The molecule has 0 aromatic heterocycles. The molecule has 0 fully saturated rings. The predicted molar refractivity (Wildman–Crippen MR) is 89.3 cm³/mol. The summed E-state index contributed by atoms with van der Waals surface area (Å²) in [7, 11) is 0. The van der Waals surface area contributed by atoms with Crippen molar-refractivity contribution in [1.29, 1.82) is 0 Å². The van der Waals surface area contributed by atoms with E-state index in [1.54, 1.807) is 18.2 Å². The van der Waals surface area contributed by atoms with Gasteiger partial charge in [0.1, 0.15) is 4.99 Å². The zero-order valence-electron chi connectivity index (χ0n) is 11.9. The van der Waals surface area contributed by atoms with Crippen LogP contribution in [0.3, 0.4) is 0 Å². The van der Waals surface area contributed by atoms with Gasteiger partial charge in [-0.3, -0.25) is 4.79 Å². The normalized spacial score (nSPS) is 11.9. The number of amides is 1. The largest absolute Gasteiger partial charge is 0.389 e. The second-order valence-electron chi connectivity index (χ2n) is 4.80. The molecule has 5 heteroatoms. The van der Waals surface area contributed by atoms with Gasteiger partial charge in [-0.15, -0.1) is 0 Å². The fourth-order valence-corrected chi connectivity index (χ4v) is 2.27. The van der Waals surface area contributed by atoms with Gasteiger partial charge in [0.05, 0.1) is 10.7 Å². The molecular formula is C15H21ClN2OS. The molecule has 1 unspecified atom stereocenters. The third-order valence-electron chi connectivity index (χ3n) is 3.28. The van der Waals surface area contributed by atoms with Crippen molar-refractivity contribution in [3.8, 4) is 0 Å². The Morgan fingerprint density at radius 2 is 2.15 bits per heavy atom. The fraction of sp³-hybridized carbons (Fsp3) is 0.467. The molecule has 3 nitrogen and oxygen atoms in total. The van der Waals surface area contributed by atoms with E-state index in [-0.39, 0.29) is 16.8 Å². The van der Waals surface area contributed by atoms with Crippen LogP contribution >= 0.6 is 23.8 Å². The lowest BCUT2D eigenvalue weighted by molar-refractivity contribution is -0.120. The highest BCUT2D eigenvalue weighted by Gasteiger charge is 2.17. The Labute approximate surface area is 130 Å². The van der Waals surface area contributed by atoms with E-state index in [4.69, 9.17) is 29.6 Å². The van der Waals surface area contributed by atoms with E-state index in [2.05, 4.69) is 12.2 Å². The Bertz CT molecular complexity index is 491. The molecular weight excluding hydrogens is 292 g/mol. The quantitative estimate of drug-likeness (QED) is 0.744. The zero-order chi connectivity index (χ0) is 15.1. The average Bonchev–Trinajstić information content (AvgIpc) is 2.41. The third-order valence-corrected chi connectivity index (χ3v) is 3.84. The smallest absolute Gasteiger partial charge is 0.227 e. The first kappa shape index (κ1) is 16.9. The lowest BCUT2D eigenvalue weighted by Crippen LogP contribution is -2.22. The number of hydrogen-bond acceptors (Lipinski definition) is 2.